The van der Waals surface area contributed by atoms with E-state index in [1.54, 1.807) is 6.92 Å². The van der Waals surface area contributed by atoms with E-state index in [4.69, 9.17) is 0 Å². The van der Waals surface area contributed by atoms with Crippen LogP contribution in [0.5, 0.6) is 0 Å². The van der Waals surface area contributed by atoms with Crippen molar-refractivity contribution in [3.8, 4) is 0 Å². The molecule has 0 radical (unpaired) electrons. The second-order valence-electron chi connectivity index (χ2n) is 5.20. The molecule has 0 spiro atoms. The summed E-state index contributed by atoms with van der Waals surface area (Å²) in [4.78, 5) is 24.9. The summed E-state index contributed by atoms with van der Waals surface area (Å²) in [6.45, 7) is 2.71. The van der Waals surface area contributed by atoms with Crippen molar-refractivity contribution in [2.45, 2.75) is 38.1 Å². The molecule has 1 rings (SSSR count). The molecule has 1 saturated heterocycles. The number of likely N-dealkylation sites (tertiary alicyclic amines) is 1. The molecule has 0 bridgehead atoms. The van der Waals surface area contributed by atoms with Gasteiger partial charge in [-0.1, -0.05) is 6.92 Å². The van der Waals surface area contributed by atoms with E-state index in [9.17, 15) is 23.1 Å². The first-order valence-electron chi connectivity index (χ1n) is 6.96. The van der Waals surface area contributed by atoms with Gasteiger partial charge in [0.25, 0.3) is 0 Å². The molecule has 9 heteroatoms. The predicted molar refractivity (Wildman–Crippen MR) is 77.5 cm³/mol. The Balaban J connectivity index is 2.46. The molecular formula is C12H23N3O5S. The first-order valence-corrected chi connectivity index (χ1v) is 8.85. The Morgan fingerprint density at radius 1 is 1.33 bits per heavy atom. The van der Waals surface area contributed by atoms with Crippen molar-refractivity contribution in [3.63, 3.8) is 0 Å². The lowest BCUT2D eigenvalue weighted by Gasteiger charge is -2.33. The molecule has 1 unspecified atom stereocenters. The summed E-state index contributed by atoms with van der Waals surface area (Å²) in [5, 5.41) is 12.0. The lowest BCUT2D eigenvalue weighted by molar-refractivity contribution is -0.148. The molecule has 1 aliphatic rings. The van der Waals surface area contributed by atoms with E-state index < -0.39 is 27.6 Å². The SMILES string of the molecule is CCC1(C(=O)O)CCCN1C(=O)NCCCNS(C)(=O)=O. The van der Waals surface area contributed by atoms with Crippen LogP contribution in [0, 0.1) is 0 Å². The number of hydrogen-bond donors (Lipinski definition) is 3. The topological polar surface area (TPSA) is 116 Å². The highest BCUT2D eigenvalue weighted by Gasteiger charge is 2.48. The molecule has 1 aliphatic heterocycles. The molecule has 3 N–H and O–H groups in total. The Kier molecular flexibility index (Phi) is 5.97. The Labute approximate surface area is 124 Å². The standard InChI is InChI=1S/C12H23N3O5S/c1-3-12(10(16)17)6-4-9-15(12)11(18)13-7-5-8-14-21(2,19)20/h14H,3-9H2,1-2H3,(H,13,18)(H,16,17). The van der Waals surface area contributed by atoms with E-state index in [2.05, 4.69) is 10.0 Å². The summed E-state index contributed by atoms with van der Waals surface area (Å²) in [6, 6.07) is -0.406. The summed E-state index contributed by atoms with van der Waals surface area (Å²) >= 11 is 0. The zero-order valence-corrected chi connectivity index (χ0v) is 13.2. The van der Waals surface area contributed by atoms with Gasteiger partial charge < -0.3 is 15.3 Å². The minimum absolute atomic E-state index is 0.233. The average Bonchev–Trinajstić information content (AvgIpc) is 2.81. The van der Waals surface area contributed by atoms with E-state index in [0.717, 1.165) is 6.26 Å². The van der Waals surface area contributed by atoms with Crippen LogP contribution in [-0.4, -0.2) is 61.9 Å². The number of hydrogen-bond acceptors (Lipinski definition) is 4. The van der Waals surface area contributed by atoms with Crippen LogP contribution in [0.3, 0.4) is 0 Å². The molecule has 1 atom stereocenters. The Morgan fingerprint density at radius 2 is 2.00 bits per heavy atom. The van der Waals surface area contributed by atoms with Crippen molar-refractivity contribution < 1.29 is 23.1 Å². The fraction of sp³-hybridized carbons (Fsp3) is 0.833. The van der Waals surface area contributed by atoms with Crippen molar-refractivity contribution in [1.29, 1.82) is 0 Å². The van der Waals surface area contributed by atoms with Gasteiger partial charge in [-0.3, -0.25) is 0 Å². The monoisotopic (exact) mass is 321 g/mol. The van der Waals surface area contributed by atoms with Crippen LogP contribution in [0.25, 0.3) is 0 Å². The van der Waals surface area contributed by atoms with Crippen molar-refractivity contribution in [2.75, 3.05) is 25.9 Å². The highest BCUT2D eigenvalue weighted by molar-refractivity contribution is 7.88. The second kappa shape index (κ2) is 7.08. The zero-order chi connectivity index (χ0) is 16.1. The van der Waals surface area contributed by atoms with Gasteiger partial charge in [-0.15, -0.1) is 0 Å². The van der Waals surface area contributed by atoms with Gasteiger partial charge >= 0.3 is 12.0 Å². The number of rotatable bonds is 7. The van der Waals surface area contributed by atoms with Crippen molar-refractivity contribution >= 4 is 22.0 Å². The summed E-state index contributed by atoms with van der Waals surface area (Å²) in [5.74, 6) is -0.976. The molecule has 0 aromatic carbocycles. The third kappa shape index (κ3) is 4.57. The van der Waals surface area contributed by atoms with Crippen LogP contribution >= 0.6 is 0 Å². The number of carbonyl (C=O) groups excluding carboxylic acids is 1. The lowest BCUT2D eigenvalue weighted by Crippen LogP contribution is -2.55. The van der Waals surface area contributed by atoms with Crippen molar-refractivity contribution in [1.82, 2.24) is 14.9 Å². The fourth-order valence-corrected chi connectivity index (χ4v) is 3.07. The number of nitrogens with one attached hydrogen (secondary N) is 2. The Hall–Kier alpha value is -1.35. The number of sulfonamides is 1. The quantitative estimate of drug-likeness (QED) is 0.569. The minimum atomic E-state index is -3.23. The summed E-state index contributed by atoms with van der Waals surface area (Å²) in [7, 11) is -3.23. The zero-order valence-electron chi connectivity index (χ0n) is 12.4. The third-order valence-corrected chi connectivity index (χ3v) is 4.44. The van der Waals surface area contributed by atoms with Gasteiger partial charge in [-0.05, 0) is 25.7 Å². The minimum Gasteiger partial charge on any atom is -0.479 e. The van der Waals surface area contributed by atoms with Gasteiger partial charge in [0.05, 0.1) is 6.26 Å². The normalized spacial score (nSPS) is 22.3. The van der Waals surface area contributed by atoms with Gasteiger partial charge in [0.1, 0.15) is 5.54 Å². The maximum Gasteiger partial charge on any atom is 0.329 e. The second-order valence-corrected chi connectivity index (χ2v) is 7.03. The molecule has 2 amide bonds. The van der Waals surface area contributed by atoms with Crippen LogP contribution in [0.2, 0.25) is 0 Å². The first-order chi connectivity index (χ1) is 9.73. The largest absolute Gasteiger partial charge is 0.479 e. The predicted octanol–water partition coefficient (Wildman–Crippen LogP) is -0.0355. The van der Waals surface area contributed by atoms with Crippen LogP contribution in [0.15, 0.2) is 0 Å². The number of urea groups is 1. The molecule has 0 aromatic rings. The van der Waals surface area contributed by atoms with Gasteiger partial charge in [0.15, 0.2) is 0 Å². The highest BCUT2D eigenvalue weighted by atomic mass is 32.2. The van der Waals surface area contributed by atoms with Gasteiger partial charge in [0, 0.05) is 19.6 Å². The third-order valence-electron chi connectivity index (χ3n) is 3.71. The summed E-state index contributed by atoms with van der Waals surface area (Å²) < 4.78 is 24.1. The van der Waals surface area contributed by atoms with Crippen LogP contribution in [-0.2, 0) is 14.8 Å². The van der Waals surface area contributed by atoms with Gasteiger partial charge in [0.2, 0.25) is 10.0 Å². The molecule has 122 valence electrons. The van der Waals surface area contributed by atoms with E-state index in [0.29, 0.717) is 32.2 Å². The smallest absolute Gasteiger partial charge is 0.329 e. The molecule has 1 heterocycles. The number of carboxylic acid groups (broad SMARTS) is 1. The molecule has 0 aliphatic carbocycles. The van der Waals surface area contributed by atoms with E-state index in [1.807, 2.05) is 0 Å². The molecule has 21 heavy (non-hydrogen) atoms. The molecular weight excluding hydrogens is 298 g/mol. The molecule has 8 nitrogen and oxygen atoms in total. The summed E-state index contributed by atoms with van der Waals surface area (Å²) in [6.07, 6.45) is 3.01. The Bertz CT molecular complexity index is 493. The fourth-order valence-electron chi connectivity index (χ4n) is 2.55. The lowest BCUT2D eigenvalue weighted by atomic mass is 9.93. The summed E-state index contributed by atoms with van der Waals surface area (Å²) in [5.41, 5.74) is -1.12. The van der Waals surface area contributed by atoms with Crippen LogP contribution < -0.4 is 10.0 Å². The number of carboxylic acids is 1. The van der Waals surface area contributed by atoms with Crippen molar-refractivity contribution in [2.24, 2.45) is 0 Å². The van der Waals surface area contributed by atoms with E-state index >= 15 is 0 Å². The van der Waals surface area contributed by atoms with E-state index in [-0.39, 0.29) is 13.1 Å². The maximum absolute atomic E-state index is 12.1. The average molecular weight is 321 g/mol. The Morgan fingerprint density at radius 3 is 2.52 bits per heavy atom. The molecule has 0 aromatic heterocycles. The highest BCUT2D eigenvalue weighted by Crippen LogP contribution is 2.32. The van der Waals surface area contributed by atoms with Crippen LogP contribution in [0.4, 0.5) is 4.79 Å². The molecule has 0 saturated carbocycles. The van der Waals surface area contributed by atoms with Crippen LogP contribution in [0.1, 0.15) is 32.6 Å². The number of amides is 2. The van der Waals surface area contributed by atoms with Crippen molar-refractivity contribution in [3.05, 3.63) is 0 Å². The first kappa shape index (κ1) is 17.7. The van der Waals surface area contributed by atoms with Gasteiger partial charge in [-0.25, -0.2) is 22.7 Å². The maximum atomic E-state index is 12.1. The van der Waals surface area contributed by atoms with Gasteiger partial charge in [-0.2, -0.15) is 0 Å². The van der Waals surface area contributed by atoms with E-state index in [1.165, 1.54) is 4.90 Å². The number of nitrogens with zero attached hydrogens (tertiary/aromatic N) is 1. The number of aliphatic carboxylic acids is 1. The molecule has 1 fully saturated rings. The number of carbonyl (C=O) groups is 2.